The van der Waals surface area contributed by atoms with Gasteiger partial charge in [0.15, 0.2) is 5.76 Å². The van der Waals surface area contributed by atoms with Gasteiger partial charge in [-0.1, -0.05) is 24.8 Å². The summed E-state index contributed by atoms with van der Waals surface area (Å²) in [7, 11) is 1.17. The van der Waals surface area contributed by atoms with Crippen LogP contribution in [0, 0.1) is 0 Å². The number of para-hydroxylation sites is 1. The van der Waals surface area contributed by atoms with E-state index in [1.807, 2.05) is 6.07 Å². The van der Waals surface area contributed by atoms with Gasteiger partial charge in [0, 0.05) is 5.57 Å². The third-order valence-corrected chi connectivity index (χ3v) is 1.72. The van der Waals surface area contributed by atoms with Crippen molar-refractivity contribution in [3.05, 3.63) is 54.8 Å². The van der Waals surface area contributed by atoms with Gasteiger partial charge in [-0.2, -0.15) is 0 Å². The average Bonchev–Trinajstić information content (AvgIpc) is 2.39. The number of aliphatic hydroxyl groups excluding tert-OH is 1. The second kappa shape index (κ2) is 8.52. The Morgan fingerprint density at radius 3 is 1.95 bits per heavy atom. The van der Waals surface area contributed by atoms with E-state index in [9.17, 15) is 9.59 Å². The first-order valence-corrected chi connectivity index (χ1v) is 5.27. The Hall–Kier alpha value is -2.56. The highest BCUT2D eigenvalue weighted by atomic mass is 16.5. The summed E-state index contributed by atoms with van der Waals surface area (Å²) in [6.45, 7) is 8.00. The predicted octanol–water partition coefficient (Wildman–Crippen LogP) is 2.40. The van der Waals surface area contributed by atoms with Gasteiger partial charge in [0.2, 0.25) is 0 Å². The number of hydrogen-bond acceptors (Lipinski definition) is 5. The van der Waals surface area contributed by atoms with Gasteiger partial charge < -0.3 is 14.6 Å². The van der Waals surface area contributed by atoms with Gasteiger partial charge in [-0.05, 0) is 25.6 Å². The number of carbonyl (C=O) groups is 2. The molecule has 0 saturated carbocycles. The maximum absolute atomic E-state index is 11.0. The highest BCUT2D eigenvalue weighted by molar-refractivity contribution is 5.88. The molecule has 5 nitrogen and oxygen atoms in total. The lowest BCUT2D eigenvalue weighted by Gasteiger charge is -2.01. The lowest BCUT2D eigenvalue weighted by molar-refractivity contribution is -0.139. The molecule has 1 aromatic rings. The topological polar surface area (TPSA) is 72.8 Å². The van der Waals surface area contributed by atoms with E-state index in [-0.39, 0.29) is 5.97 Å². The number of hydrogen-bond donors (Lipinski definition) is 1. The lowest BCUT2D eigenvalue weighted by Crippen LogP contribution is -2.07. The smallest absolute Gasteiger partial charge is 0.372 e. The van der Waals surface area contributed by atoms with E-state index in [1.165, 1.54) is 7.11 Å². The summed E-state index contributed by atoms with van der Waals surface area (Å²) in [4.78, 5) is 20.9. The Morgan fingerprint density at radius 1 is 1.11 bits per heavy atom. The second-order valence-corrected chi connectivity index (χ2v) is 3.42. The normalized spacial score (nSPS) is 8.53. The molecular weight excluding hydrogens is 248 g/mol. The maximum atomic E-state index is 11.0. The number of rotatable bonds is 3. The molecule has 0 aromatic heterocycles. The SMILES string of the molecule is C=C(C)C(=O)Oc1ccccc1.C=C(O)C(=O)OC. The van der Waals surface area contributed by atoms with Crippen LogP contribution in [0.15, 0.2) is 54.8 Å². The van der Waals surface area contributed by atoms with Crippen molar-refractivity contribution in [2.24, 2.45) is 0 Å². The number of ether oxygens (including phenoxy) is 2. The van der Waals surface area contributed by atoms with Crippen molar-refractivity contribution in [3.8, 4) is 5.75 Å². The van der Waals surface area contributed by atoms with Crippen LogP contribution in [-0.4, -0.2) is 24.2 Å². The molecule has 0 bridgehead atoms. The molecule has 0 radical (unpaired) electrons. The minimum absolute atomic E-state index is 0.388. The number of esters is 2. The van der Waals surface area contributed by atoms with Crippen LogP contribution >= 0.6 is 0 Å². The van der Waals surface area contributed by atoms with Crippen molar-refractivity contribution >= 4 is 11.9 Å². The summed E-state index contributed by atoms with van der Waals surface area (Å²) >= 11 is 0. The molecule has 102 valence electrons. The van der Waals surface area contributed by atoms with E-state index in [4.69, 9.17) is 9.84 Å². The molecule has 0 fully saturated rings. The summed E-state index contributed by atoms with van der Waals surface area (Å²) in [5.74, 6) is -1.20. The second-order valence-electron chi connectivity index (χ2n) is 3.42. The van der Waals surface area contributed by atoms with Crippen LogP contribution in [0.5, 0.6) is 5.75 Å². The first kappa shape index (κ1) is 16.4. The van der Waals surface area contributed by atoms with Gasteiger partial charge >= 0.3 is 11.9 Å². The molecule has 0 heterocycles. The van der Waals surface area contributed by atoms with E-state index in [2.05, 4.69) is 17.9 Å². The van der Waals surface area contributed by atoms with Crippen LogP contribution in [-0.2, 0) is 14.3 Å². The van der Waals surface area contributed by atoms with Crippen LogP contribution in [0.2, 0.25) is 0 Å². The molecule has 0 aliphatic carbocycles. The molecule has 19 heavy (non-hydrogen) atoms. The highest BCUT2D eigenvalue weighted by Gasteiger charge is 2.03. The Kier molecular flexibility index (Phi) is 7.37. The monoisotopic (exact) mass is 264 g/mol. The zero-order valence-electron chi connectivity index (χ0n) is 10.9. The maximum Gasteiger partial charge on any atom is 0.372 e. The Labute approximate surface area is 111 Å². The van der Waals surface area contributed by atoms with Crippen LogP contribution in [0.3, 0.4) is 0 Å². The molecule has 0 atom stereocenters. The van der Waals surface area contributed by atoms with Crippen molar-refractivity contribution in [2.75, 3.05) is 7.11 Å². The lowest BCUT2D eigenvalue weighted by atomic mass is 10.3. The zero-order chi connectivity index (χ0) is 14.8. The van der Waals surface area contributed by atoms with Crippen LogP contribution < -0.4 is 4.74 Å². The molecule has 0 unspecified atom stereocenters. The fraction of sp³-hybridized carbons (Fsp3) is 0.143. The van der Waals surface area contributed by atoms with Gasteiger partial charge in [0.25, 0.3) is 0 Å². The molecule has 0 amide bonds. The Balaban J connectivity index is 0.000000399. The molecule has 0 saturated heterocycles. The highest BCUT2D eigenvalue weighted by Crippen LogP contribution is 2.09. The minimum Gasteiger partial charge on any atom is -0.502 e. The van der Waals surface area contributed by atoms with Crippen molar-refractivity contribution in [3.63, 3.8) is 0 Å². The fourth-order valence-electron chi connectivity index (χ4n) is 0.801. The standard InChI is InChI=1S/C10H10O2.C4H6O3/c1-8(2)10(11)12-9-6-4-3-5-7-9;1-3(5)4(6)7-2/h3-7H,1H2,2H3;5H,1H2,2H3. The third-order valence-electron chi connectivity index (χ3n) is 1.72. The van der Waals surface area contributed by atoms with E-state index >= 15 is 0 Å². The molecule has 1 aromatic carbocycles. The fourth-order valence-corrected chi connectivity index (χ4v) is 0.801. The van der Waals surface area contributed by atoms with Gasteiger partial charge in [-0.15, -0.1) is 0 Å². The molecule has 0 aliphatic rings. The van der Waals surface area contributed by atoms with Crippen molar-refractivity contribution in [1.29, 1.82) is 0 Å². The number of methoxy groups -OCH3 is 1. The molecule has 0 aliphatic heterocycles. The Morgan fingerprint density at radius 2 is 1.63 bits per heavy atom. The minimum atomic E-state index is -0.792. The summed E-state index contributed by atoms with van der Waals surface area (Å²) in [6, 6.07) is 8.92. The summed E-state index contributed by atoms with van der Waals surface area (Å²) in [6.07, 6.45) is 0. The van der Waals surface area contributed by atoms with Crippen LogP contribution in [0.4, 0.5) is 0 Å². The quantitative estimate of drug-likeness (QED) is 0.393. The predicted molar refractivity (Wildman–Crippen MR) is 70.7 cm³/mol. The first-order chi connectivity index (χ1) is 8.88. The molecule has 1 rings (SSSR count). The molecule has 1 N–H and O–H groups in total. The van der Waals surface area contributed by atoms with E-state index in [1.54, 1.807) is 31.2 Å². The average molecular weight is 264 g/mol. The van der Waals surface area contributed by atoms with E-state index in [0.717, 1.165) is 0 Å². The number of aliphatic hydroxyl groups is 1. The van der Waals surface area contributed by atoms with Gasteiger partial charge in [0.05, 0.1) is 7.11 Å². The molecular formula is C14H16O5. The van der Waals surface area contributed by atoms with Gasteiger partial charge in [0.1, 0.15) is 5.75 Å². The van der Waals surface area contributed by atoms with Gasteiger partial charge in [-0.25, -0.2) is 9.59 Å². The van der Waals surface area contributed by atoms with Crippen molar-refractivity contribution in [1.82, 2.24) is 0 Å². The summed E-state index contributed by atoms with van der Waals surface area (Å²) in [5, 5.41) is 8.15. The van der Waals surface area contributed by atoms with Crippen molar-refractivity contribution in [2.45, 2.75) is 6.92 Å². The summed E-state index contributed by atoms with van der Waals surface area (Å²) < 4.78 is 8.96. The first-order valence-electron chi connectivity index (χ1n) is 5.27. The zero-order valence-corrected chi connectivity index (χ0v) is 10.9. The summed E-state index contributed by atoms with van der Waals surface area (Å²) in [5.41, 5.74) is 0.402. The molecule has 5 heteroatoms. The number of carbonyl (C=O) groups excluding carboxylic acids is 2. The third kappa shape index (κ3) is 7.38. The van der Waals surface area contributed by atoms with Crippen LogP contribution in [0.25, 0.3) is 0 Å². The largest absolute Gasteiger partial charge is 0.502 e. The van der Waals surface area contributed by atoms with Crippen LogP contribution in [0.1, 0.15) is 6.92 Å². The number of benzene rings is 1. The van der Waals surface area contributed by atoms with Gasteiger partial charge in [-0.3, -0.25) is 0 Å². The van der Waals surface area contributed by atoms with E-state index < -0.39 is 11.7 Å². The Bertz CT molecular complexity index is 462. The van der Waals surface area contributed by atoms with Crippen molar-refractivity contribution < 1.29 is 24.2 Å². The molecule has 0 spiro atoms. The van der Waals surface area contributed by atoms with E-state index in [0.29, 0.717) is 11.3 Å².